The molecule has 0 spiro atoms. The minimum Gasteiger partial charge on any atom is -0.305 e. The van der Waals surface area contributed by atoms with E-state index < -0.39 is 35.7 Å². The van der Waals surface area contributed by atoms with E-state index in [2.05, 4.69) is 51.7 Å². The van der Waals surface area contributed by atoms with Crippen LogP contribution in [0.2, 0.25) is 0 Å². The molecule has 2 N–H and O–H groups in total. The Hall–Kier alpha value is -4.81. The van der Waals surface area contributed by atoms with Crippen LogP contribution >= 0.6 is 0 Å². The minimum atomic E-state index is -1.05. The highest BCUT2D eigenvalue weighted by Gasteiger charge is 2.47. The molecule has 2 saturated heterocycles. The summed E-state index contributed by atoms with van der Waals surface area (Å²) in [7, 11) is 2.14. The van der Waals surface area contributed by atoms with Crippen molar-refractivity contribution < 1.29 is 19.2 Å². The van der Waals surface area contributed by atoms with Crippen molar-refractivity contribution in [3.8, 4) is 11.3 Å². The molecule has 2 aromatic heterocycles. The van der Waals surface area contributed by atoms with E-state index >= 15 is 0 Å². The van der Waals surface area contributed by atoms with Gasteiger partial charge in [-0.3, -0.25) is 39.1 Å². The first-order valence-electron chi connectivity index (χ1n) is 16.9. The molecule has 2 aliphatic carbocycles. The molecular formula is C36H36N8O4. The SMILES string of the molecule is CN1CC(c2ccc3ncc(-c4cn(C5CC(CNC6CC(N7C(=O)c8ccccc8C7=O)C(=O)NC6=O)C5)nc4C4CC4)nc3c2)C1. The second-order valence-electron chi connectivity index (χ2n) is 14.2. The molecular weight excluding hydrogens is 608 g/mol. The molecule has 0 radical (unpaired) electrons. The van der Waals surface area contributed by atoms with Gasteiger partial charge in [0.1, 0.15) is 6.04 Å². The lowest BCUT2D eigenvalue weighted by atomic mass is 9.80. The molecule has 0 bridgehead atoms. The summed E-state index contributed by atoms with van der Waals surface area (Å²) in [5.74, 6) is -0.746. The first-order chi connectivity index (χ1) is 23.3. The van der Waals surface area contributed by atoms with Crippen LogP contribution in [0.3, 0.4) is 0 Å². The number of aromatic nitrogens is 4. The Labute approximate surface area is 276 Å². The van der Waals surface area contributed by atoms with Gasteiger partial charge in [-0.1, -0.05) is 18.2 Å². The third-order valence-corrected chi connectivity index (χ3v) is 10.8. The van der Waals surface area contributed by atoms with Crippen LogP contribution in [-0.4, -0.2) is 91.9 Å². The molecule has 2 unspecified atom stereocenters. The molecule has 12 heteroatoms. The van der Waals surface area contributed by atoms with E-state index in [1.54, 1.807) is 24.3 Å². The summed E-state index contributed by atoms with van der Waals surface area (Å²) >= 11 is 0. The summed E-state index contributed by atoms with van der Waals surface area (Å²) in [5.41, 5.74) is 6.72. The number of rotatable bonds is 8. The molecule has 4 fully saturated rings. The molecule has 9 rings (SSSR count). The zero-order chi connectivity index (χ0) is 32.7. The van der Waals surface area contributed by atoms with Crippen molar-refractivity contribution >= 4 is 34.7 Å². The van der Waals surface area contributed by atoms with E-state index in [9.17, 15) is 19.2 Å². The number of hydrogen-bond donors (Lipinski definition) is 2. The second-order valence-corrected chi connectivity index (χ2v) is 14.2. The van der Waals surface area contributed by atoms with Crippen molar-refractivity contribution in [2.45, 2.75) is 62.1 Å². The lowest BCUT2D eigenvalue weighted by Gasteiger charge is -2.38. The summed E-state index contributed by atoms with van der Waals surface area (Å²) < 4.78 is 2.09. The zero-order valence-electron chi connectivity index (χ0n) is 26.6. The van der Waals surface area contributed by atoms with Gasteiger partial charge in [0.25, 0.3) is 11.8 Å². The first kappa shape index (κ1) is 29.3. The summed E-state index contributed by atoms with van der Waals surface area (Å²) in [5, 5.41) is 10.8. The van der Waals surface area contributed by atoms with Crippen molar-refractivity contribution in [2.75, 3.05) is 26.7 Å². The number of carbonyl (C=O) groups excluding carboxylic acids is 4. The number of benzene rings is 2. The van der Waals surface area contributed by atoms with Crippen molar-refractivity contribution in [1.29, 1.82) is 0 Å². The second kappa shape index (κ2) is 11.1. The van der Waals surface area contributed by atoms with E-state index in [1.165, 1.54) is 5.56 Å². The molecule has 2 saturated carbocycles. The van der Waals surface area contributed by atoms with Gasteiger partial charge in [-0.25, -0.2) is 4.98 Å². The summed E-state index contributed by atoms with van der Waals surface area (Å²) in [6, 6.07) is 11.5. The van der Waals surface area contributed by atoms with E-state index in [0.29, 0.717) is 24.3 Å². The van der Waals surface area contributed by atoms with Gasteiger partial charge in [0.05, 0.1) is 51.8 Å². The number of amides is 4. The third-order valence-electron chi connectivity index (χ3n) is 10.8. The lowest BCUT2D eigenvalue weighted by Crippen LogP contribution is -2.62. The van der Waals surface area contributed by atoms with Crippen LogP contribution in [0.5, 0.6) is 0 Å². The topological polar surface area (TPSA) is 142 Å². The average Bonchev–Trinajstić information content (AvgIpc) is 3.76. The zero-order valence-corrected chi connectivity index (χ0v) is 26.6. The quantitative estimate of drug-likeness (QED) is 0.277. The molecule has 2 atom stereocenters. The van der Waals surface area contributed by atoms with Gasteiger partial charge in [0.2, 0.25) is 11.8 Å². The number of carbonyl (C=O) groups is 4. The van der Waals surface area contributed by atoms with E-state index in [4.69, 9.17) is 15.1 Å². The van der Waals surface area contributed by atoms with Gasteiger partial charge in [-0.05, 0) is 75.0 Å². The summed E-state index contributed by atoms with van der Waals surface area (Å²) in [6.07, 6.45) is 8.12. The number of likely N-dealkylation sites (tertiary alicyclic amines) is 1. The number of hydrogen-bond acceptors (Lipinski definition) is 9. The van der Waals surface area contributed by atoms with Crippen LogP contribution in [-0.2, 0) is 9.59 Å². The third kappa shape index (κ3) is 4.93. The van der Waals surface area contributed by atoms with Gasteiger partial charge in [-0.2, -0.15) is 5.10 Å². The van der Waals surface area contributed by atoms with E-state index in [0.717, 1.165) is 71.7 Å². The Morgan fingerprint density at radius 2 is 1.62 bits per heavy atom. The monoisotopic (exact) mass is 644 g/mol. The van der Waals surface area contributed by atoms with Gasteiger partial charge in [-0.15, -0.1) is 0 Å². The largest absolute Gasteiger partial charge is 0.305 e. The number of nitrogens with zero attached hydrogens (tertiary/aromatic N) is 6. The molecule has 4 aromatic rings. The van der Waals surface area contributed by atoms with Crippen molar-refractivity contribution in [1.82, 2.24) is 40.2 Å². The standard InChI is InChI=1S/C36H36N8O4/c1-42-16-22(17-42)21-8-9-27-28(12-21)39-30(15-38-27)26-18-43(41-32(26)20-6-7-20)23-10-19(11-23)14-37-29-13-31(34(46)40-33(29)45)44-35(47)24-4-2-3-5-25(24)36(44)48/h2-5,8-9,12,15,18-20,22-23,29,31,37H,6-7,10-11,13-14,16-17H2,1H3,(H,40,45,46). The number of nitrogens with one attached hydrogen (secondary N) is 2. The van der Waals surface area contributed by atoms with Crippen LogP contribution in [0.15, 0.2) is 54.9 Å². The van der Waals surface area contributed by atoms with E-state index in [-0.39, 0.29) is 23.6 Å². The molecule has 48 heavy (non-hydrogen) atoms. The molecule has 2 aromatic carbocycles. The van der Waals surface area contributed by atoms with E-state index in [1.807, 2.05) is 6.20 Å². The maximum Gasteiger partial charge on any atom is 0.262 e. The molecule has 5 aliphatic rings. The Kier molecular flexibility index (Phi) is 6.80. The molecule has 5 heterocycles. The van der Waals surface area contributed by atoms with Gasteiger partial charge in [0.15, 0.2) is 0 Å². The molecule has 12 nitrogen and oxygen atoms in total. The highest BCUT2D eigenvalue weighted by Crippen LogP contribution is 2.45. The smallest absolute Gasteiger partial charge is 0.262 e. The normalized spacial score (nSPS) is 26.1. The van der Waals surface area contributed by atoms with Crippen molar-refractivity contribution in [2.24, 2.45) is 5.92 Å². The summed E-state index contributed by atoms with van der Waals surface area (Å²) in [4.78, 5) is 64.7. The maximum atomic E-state index is 13.0. The van der Waals surface area contributed by atoms with Crippen molar-refractivity contribution in [3.63, 3.8) is 0 Å². The maximum absolute atomic E-state index is 13.0. The van der Waals surface area contributed by atoms with Crippen LogP contribution in [0.25, 0.3) is 22.3 Å². The molecule has 3 aliphatic heterocycles. The number of likely N-dealkylation sites (N-methyl/N-ethyl adjacent to an activating group) is 1. The molecule has 4 amide bonds. The minimum absolute atomic E-state index is 0.0472. The number of fused-ring (bicyclic) bond motifs is 2. The van der Waals surface area contributed by atoms with Crippen LogP contribution in [0.4, 0.5) is 0 Å². The first-order valence-corrected chi connectivity index (χ1v) is 16.9. The fraction of sp³-hybridized carbons (Fsp3) is 0.417. The number of piperidine rings is 1. The highest BCUT2D eigenvalue weighted by molar-refractivity contribution is 6.23. The van der Waals surface area contributed by atoms with Crippen molar-refractivity contribution in [3.05, 3.63) is 77.2 Å². The fourth-order valence-corrected chi connectivity index (χ4v) is 7.78. The Morgan fingerprint density at radius 1 is 0.875 bits per heavy atom. The predicted octanol–water partition coefficient (Wildman–Crippen LogP) is 3.02. The Balaban J connectivity index is 0.860. The fourth-order valence-electron chi connectivity index (χ4n) is 7.78. The Morgan fingerprint density at radius 3 is 2.33 bits per heavy atom. The summed E-state index contributed by atoms with van der Waals surface area (Å²) in [6.45, 7) is 2.72. The highest BCUT2D eigenvalue weighted by atomic mass is 16.2. The van der Waals surface area contributed by atoms with Crippen LogP contribution in [0.1, 0.15) is 82.0 Å². The Bertz CT molecular complexity index is 1970. The lowest BCUT2D eigenvalue weighted by molar-refractivity contribution is -0.138. The molecule has 244 valence electrons. The van der Waals surface area contributed by atoms with Gasteiger partial charge >= 0.3 is 0 Å². The van der Waals surface area contributed by atoms with Crippen LogP contribution < -0.4 is 10.6 Å². The van der Waals surface area contributed by atoms with Crippen LogP contribution in [0, 0.1) is 5.92 Å². The van der Waals surface area contributed by atoms with Gasteiger partial charge in [0, 0.05) is 43.1 Å². The number of imide groups is 2. The average molecular weight is 645 g/mol. The van der Waals surface area contributed by atoms with Gasteiger partial charge < -0.3 is 10.2 Å². The predicted molar refractivity (Wildman–Crippen MR) is 175 cm³/mol.